The molecule has 0 unspecified atom stereocenters. The highest BCUT2D eigenvalue weighted by Gasteiger charge is 2.28. The van der Waals surface area contributed by atoms with Crippen LogP contribution in [0.15, 0.2) is 33.6 Å². The van der Waals surface area contributed by atoms with Crippen LogP contribution in [0.3, 0.4) is 0 Å². The Morgan fingerprint density at radius 3 is 2.32 bits per heavy atom. The van der Waals surface area contributed by atoms with E-state index < -0.39 is 34.4 Å². The average Bonchev–Trinajstić information content (AvgIpc) is 2.27. The highest BCUT2D eigenvalue weighted by Crippen LogP contribution is 2.21. The van der Waals surface area contributed by atoms with Crippen molar-refractivity contribution < 1.29 is 28.2 Å². The Morgan fingerprint density at radius 2 is 1.84 bits per heavy atom. The number of sulfonamides is 1. The summed E-state index contributed by atoms with van der Waals surface area (Å²) in [6.45, 7) is 0. The summed E-state index contributed by atoms with van der Waals surface area (Å²) in [6.07, 6.45) is -0.848. The third-order valence-corrected chi connectivity index (χ3v) is 4.58. The van der Waals surface area contributed by atoms with Crippen molar-refractivity contribution >= 4 is 37.9 Å². The molecule has 0 heterocycles. The second kappa shape index (κ2) is 6.13. The minimum Gasteiger partial charge on any atom is -0.481 e. The number of carboxylic acids is 2. The Hall–Kier alpha value is -1.45. The molecular weight excluding hydrogens is 342 g/mol. The number of carbonyl (C=O) groups is 2. The molecule has 1 atom stereocenters. The van der Waals surface area contributed by atoms with Crippen LogP contribution in [0.4, 0.5) is 0 Å². The molecule has 0 fully saturated rings. The fourth-order valence-corrected chi connectivity index (χ4v) is 3.46. The summed E-state index contributed by atoms with van der Waals surface area (Å²) in [6, 6.07) is 4.07. The summed E-state index contributed by atoms with van der Waals surface area (Å²) in [5.74, 6) is -2.97. The zero-order valence-corrected chi connectivity index (χ0v) is 11.8. The lowest BCUT2D eigenvalue weighted by atomic mass is 10.2. The van der Waals surface area contributed by atoms with Gasteiger partial charge < -0.3 is 10.2 Å². The number of carboxylic acid groups (broad SMARTS) is 2. The molecule has 9 heteroatoms. The number of hydrogen-bond donors (Lipinski definition) is 3. The lowest BCUT2D eigenvalue weighted by molar-refractivity contribution is -0.145. The molecule has 0 saturated heterocycles. The van der Waals surface area contributed by atoms with E-state index >= 15 is 0 Å². The number of halogens is 1. The van der Waals surface area contributed by atoms with Crippen LogP contribution in [0.25, 0.3) is 0 Å². The molecular formula is C10H10BrNO6S. The first kappa shape index (κ1) is 15.6. The van der Waals surface area contributed by atoms with Crippen LogP contribution in [0.1, 0.15) is 6.42 Å². The molecule has 7 nitrogen and oxygen atoms in total. The summed E-state index contributed by atoms with van der Waals surface area (Å²) >= 11 is 3.03. The summed E-state index contributed by atoms with van der Waals surface area (Å²) in [5, 5.41) is 17.3. The highest BCUT2D eigenvalue weighted by atomic mass is 79.9. The summed E-state index contributed by atoms with van der Waals surface area (Å²) < 4.78 is 26.0. The Kier molecular flexibility index (Phi) is 5.04. The number of nitrogens with one attached hydrogen (secondary N) is 1. The van der Waals surface area contributed by atoms with E-state index in [1.165, 1.54) is 18.2 Å². The van der Waals surface area contributed by atoms with Gasteiger partial charge >= 0.3 is 11.9 Å². The molecule has 0 radical (unpaired) electrons. The van der Waals surface area contributed by atoms with Gasteiger partial charge in [0.05, 0.1) is 11.3 Å². The molecule has 0 spiro atoms. The molecule has 0 amide bonds. The smallest absolute Gasteiger partial charge is 0.322 e. The summed E-state index contributed by atoms with van der Waals surface area (Å²) in [5.41, 5.74) is 0. The SMILES string of the molecule is O=C(O)C[C@@H](NS(=O)(=O)c1ccccc1Br)C(=O)O. The minimum absolute atomic E-state index is 0.161. The first-order chi connectivity index (χ1) is 8.74. The van der Waals surface area contributed by atoms with Crippen LogP contribution in [0, 0.1) is 0 Å². The van der Waals surface area contributed by atoms with Gasteiger partial charge in [-0.1, -0.05) is 12.1 Å². The van der Waals surface area contributed by atoms with Crippen molar-refractivity contribution in [3.8, 4) is 0 Å². The van der Waals surface area contributed by atoms with Crippen LogP contribution >= 0.6 is 15.9 Å². The molecule has 104 valence electrons. The molecule has 0 aromatic heterocycles. The second-order valence-corrected chi connectivity index (χ2v) is 6.08. The molecule has 0 aliphatic heterocycles. The number of rotatable bonds is 6. The van der Waals surface area contributed by atoms with Gasteiger partial charge in [0, 0.05) is 4.47 Å². The van der Waals surface area contributed by atoms with Gasteiger partial charge in [-0.25, -0.2) is 8.42 Å². The van der Waals surface area contributed by atoms with Crippen molar-refractivity contribution in [2.75, 3.05) is 0 Å². The minimum atomic E-state index is -4.12. The first-order valence-corrected chi connectivity index (χ1v) is 7.23. The number of benzene rings is 1. The van der Waals surface area contributed by atoms with Gasteiger partial charge in [0.25, 0.3) is 0 Å². The predicted molar refractivity (Wildman–Crippen MR) is 68.1 cm³/mol. The van der Waals surface area contributed by atoms with Gasteiger partial charge in [0.1, 0.15) is 6.04 Å². The Bertz CT molecular complexity index is 600. The highest BCUT2D eigenvalue weighted by molar-refractivity contribution is 9.10. The molecule has 1 aromatic rings. The van der Waals surface area contributed by atoms with E-state index in [2.05, 4.69) is 15.9 Å². The maximum Gasteiger partial charge on any atom is 0.322 e. The topological polar surface area (TPSA) is 121 Å². The van der Waals surface area contributed by atoms with Crippen LogP contribution in [-0.2, 0) is 19.6 Å². The molecule has 0 aliphatic carbocycles. The lowest BCUT2D eigenvalue weighted by Crippen LogP contribution is -2.42. The molecule has 0 saturated carbocycles. The fraction of sp³-hybridized carbons (Fsp3) is 0.200. The predicted octanol–water partition coefficient (Wildman–Crippen LogP) is 0.655. The third kappa shape index (κ3) is 4.30. The number of hydrogen-bond acceptors (Lipinski definition) is 4. The van der Waals surface area contributed by atoms with E-state index in [0.29, 0.717) is 0 Å². The quantitative estimate of drug-likeness (QED) is 0.692. The number of aliphatic carboxylic acids is 2. The Balaban J connectivity index is 3.04. The fourth-order valence-electron chi connectivity index (χ4n) is 1.27. The van der Waals surface area contributed by atoms with Crippen molar-refractivity contribution in [3.63, 3.8) is 0 Å². The first-order valence-electron chi connectivity index (χ1n) is 4.95. The van der Waals surface area contributed by atoms with E-state index in [1.807, 2.05) is 4.72 Å². The van der Waals surface area contributed by atoms with Crippen LogP contribution in [-0.4, -0.2) is 36.6 Å². The van der Waals surface area contributed by atoms with Gasteiger partial charge in [0.2, 0.25) is 10.0 Å². The van der Waals surface area contributed by atoms with E-state index in [4.69, 9.17) is 10.2 Å². The van der Waals surface area contributed by atoms with Crippen molar-refractivity contribution in [2.45, 2.75) is 17.4 Å². The van der Waals surface area contributed by atoms with E-state index in [1.54, 1.807) is 6.07 Å². The van der Waals surface area contributed by atoms with Crippen LogP contribution in [0.2, 0.25) is 0 Å². The average molecular weight is 352 g/mol. The van der Waals surface area contributed by atoms with Crippen molar-refractivity contribution in [2.24, 2.45) is 0 Å². The van der Waals surface area contributed by atoms with E-state index in [-0.39, 0.29) is 9.37 Å². The van der Waals surface area contributed by atoms with E-state index in [9.17, 15) is 18.0 Å². The molecule has 0 aliphatic rings. The largest absolute Gasteiger partial charge is 0.481 e. The molecule has 0 bridgehead atoms. The lowest BCUT2D eigenvalue weighted by Gasteiger charge is -2.13. The van der Waals surface area contributed by atoms with Crippen molar-refractivity contribution in [3.05, 3.63) is 28.7 Å². The van der Waals surface area contributed by atoms with Gasteiger partial charge in [-0.05, 0) is 28.1 Å². The summed E-state index contributed by atoms with van der Waals surface area (Å²) in [7, 11) is -4.12. The Morgan fingerprint density at radius 1 is 1.26 bits per heavy atom. The van der Waals surface area contributed by atoms with Gasteiger partial charge in [-0.15, -0.1) is 0 Å². The molecule has 3 N–H and O–H groups in total. The zero-order chi connectivity index (χ0) is 14.6. The zero-order valence-electron chi connectivity index (χ0n) is 9.41. The normalized spacial score (nSPS) is 12.9. The summed E-state index contributed by atoms with van der Waals surface area (Å²) in [4.78, 5) is 21.2. The molecule has 19 heavy (non-hydrogen) atoms. The molecule has 1 aromatic carbocycles. The van der Waals surface area contributed by atoms with Crippen LogP contribution < -0.4 is 4.72 Å². The standard InChI is InChI=1S/C10H10BrNO6S/c11-6-3-1-2-4-8(6)19(17,18)12-7(10(15)16)5-9(13)14/h1-4,7,12H,5H2,(H,13,14)(H,15,16)/t7-/m1/s1. The third-order valence-electron chi connectivity index (χ3n) is 2.10. The van der Waals surface area contributed by atoms with Crippen molar-refractivity contribution in [1.29, 1.82) is 0 Å². The van der Waals surface area contributed by atoms with Crippen molar-refractivity contribution in [1.82, 2.24) is 4.72 Å². The van der Waals surface area contributed by atoms with Gasteiger partial charge in [-0.2, -0.15) is 4.72 Å². The second-order valence-electron chi connectivity index (χ2n) is 3.54. The van der Waals surface area contributed by atoms with Gasteiger partial charge in [-0.3, -0.25) is 9.59 Å². The molecule has 1 rings (SSSR count). The maximum atomic E-state index is 12.0. The van der Waals surface area contributed by atoms with Crippen LogP contribution in [0.5, 0.6) is 0 Å². The maximum absolute atomic E-state index is 12.0. The van der Waals surface area contributed by atoms with Gasteiger partial charge in [0.15, 0.2) is 0 Å². The monoisotopic (exact) mass is 351 g/mol. The van der Waals surface area contributed by atoms with E-state index in [0.717, 1.165) is 0 Å². The Labute approximate surface area is 117 Å².